The van der Waals surface area contributed by atoms with E-state index in [0.29, 0.717) is 15.9 Å². The molecule has 21 heavy (non-hydrogen) atoms. The zero-order chi connectivity index (χ0) is 15.0. The molecule has 6 heteroatoms. The van der Waals surface area contributed by atoms with Gasteiger partial charge in [0, 0.05) is 21.8 Å². The average molecular weight is 351 g/mol. The molecule has 4 nitrogen and oxygen atoms in total. The van der Waals surface area contributed by atoms with Gasteiger partial charge in [-0.25, -0.2) is 4.39 Å². The van der Waals surface area contributed by atoms with Crippen LogP contribution in [0.25, 0.3) is 0 Å². The summed E-state index contributed by atoms with van der Waals surface area (Å²) in [5.74, 6) is 0.0288. The Bertz CT molecular complexity index is 721. The number of halogens is 2. The molecule has 0 aromatic heterocycles. The minimum Gasteiger partial charge on any atom is -0.454 e. The Morgan fingerprint density at radius 2 is 2.10 bits per heavy atom. The zero-order valence-corrected chi connectivity index (χ0v) is 12.7. The molecule has 0 bridgehead atoms. The highest BCUT2D eigenvalue weighted by atomic mass is 79.9. The van der Waals surface area contributed by atoms with Crippen molar-refractivity contribution >= 4 is 27.5 Å². The summed E-state index contributed by atoms with van der Waals surface area (Å²) in [7, 11) is 1.72. The smallest absolute Gasteiger partial charge is 0.246 e. The molecule has 0 saturated carbocycles. The van der Waals surface area contributed by atoms with Crippen LogP contribution in [0.4, 0.5) is 10.1 Å². The largest absolute Gasteiger partial charge is 0.454 e. The summed E-state index contributed by atoms with van der Waals surface area (Å²) in [5.41, 5.74) is 1.53. The Balaban J connectivity index is 1.89. The first-order chi connectivity index (χ1) is 10.1. The predicted molar refractivity (Wildman–Crippen MR) is 81.0 cm³/mol. The molecule has 0 spiro atoms. The normalized spacial score (nSPS) is 16.5. The van der Waals surface area contributed by atoms with E-state index < -0.39 is 5.82 Å². The SMILES string of the molecule is CNC1C(=O)Nc2cc(Oc3ccc(Br)cc3F)ccc21. The Kier molecular flexibility index (Phi) is 3.65. The molecule has 0 saturated heterocycles. The zero-order valence-electron chi connectivity index (χ0n) is 11.1. The maximum absolute atomic E-state index is 13.8. The van der Waals surface area contributed by atoms with Crippen LogP contribution in [0.2, 0.25) is 0 Å². The quantitative estimate of drug-likeness (QED) is 0.889. The van der Waals surface area contributed by atoms with Crippen molar-refractivity contribution in [3.8, 4) is 11.5 Å². The van der Waals surface area contributed by atoms with E-state index in [1.807, 2.05) is 0 Å². The molecule has 108 valence electrons. The summed E-state index contributed by atoms with van der Waals surface area (Å²) < 4.78 is 19.9. The maximum atomic E-state index is 13.8. The van der Waals surface area contributed by atoms with Crippen molar-refractivity contribution in [2.75, 3.05) is 12.4 Å². The number of ether oxygens (including phenoxy) is 1. The van der Waals surface area contributed by atoms with E-state index in [2.05, 4.69) is 26.6 Å². The average Bonchev–Trinajstić information content (AvgIpc) is 2.76. The molecule has 2 N–H and O–H groups in total. The van der Waals surface area contributed by atoms with Crippen molar-refractivity contribution in [2.24, 2.45) is 0 Å². The summed E-state index contributed by atoms with van der Waals surface area (Å²) >= 11 is 3.19. The van der Waals surface area contributed by atoms with E-state index in [9.17, 15) is 9.18 Å². The van der Waals surface area contributed by atoms with Crippen LogP contribution in [0.15, 0.2) is 40.9 Å². The number of amides is 1. The minimum absolute atomic E-state index is 0.112. The first-order valence-corrected chi connectivity index (χ1v) is 7.13. The first kappa shape index (κ1) is 14.0. The van der Waals surface area contributed by atoms with Crippen molar-refractivity contribution in [3.63, 3.8) is 0 Å². The van der Waals surface area contributed by atoms with E-state index in [-0.39, 0.29) is 17.7 Å². The standard InChI is InChI=1S/C15H12BrFN2O2/c1-18-14-10-4-3-9(7-12(10)19-15(14)20)21-13-5-2-8(16)6-11(13)17/h2-7,14,18H,1H3,(H,19,20). The summed E-state index contributed by atoms with van der Waals surface area (Å²) in [5, 5.41) is 5.70. The molecule has 1 atom stereocenters. The number of benzene rings is 2. The number of rotatable bonds is 3. The molecule has 0 fully saturated rings. The molecule has 0 radical (unpaired) electrons. The van der Waals surface area contributed by atoms with Crippen LogP contribution in [0.5, 0.6) is 11.5 Å². The highest BCUT2D eigenvalue weighted by Crippen LogP contribution is 2.35. The van der Waals surface area contributed by atoms with Crippen LogP contribution in [0.1, 0.15) is 11.6 Å². The van der Waals surface area contributed by atoms with Gasteiger partial charge in [-0.1, -0.05) is 22.0 Å². The molecule has 1 aliphatic heterocycles. The third kappa shape index (κ3) is 2.64. The molecular weight excluding hydrogens is 339 g/mol. The van der Waals surface area contributed by atoms with Gasteiger partial charge in [0.2, 0.25) is 5.91 Å². The molecule has 1 unspecified atom stereocenters. The van der Waals surface area contributed by atoms with Crippen molar-refractivity contribution in [2.45, 2.75) is 6.04 Å². The van der Waals surface area contributed by atoms with Gasteiger partial charge >= 0.3 is 0 Å². The van der Waals surface area contributed by atoms with Crippen LogP contribution in [0.3, 0.4) is 0 Å². The summed E-state index contributed by atoms with van der Waals surface area (Å²) in [6, 6.07) is 9.41. The van der Waals surface area contributed by atoms with Gasteiger partial charge in [-0.3, -0.25) is 4.79 Å². The van der Waals surface area contributed by atoms with E-state index >= 15 is 0 Å². The third-order valence-corrected chi connectivity index (χ3v) is 3.76. The molecule has 1 heterocycles. The van der Waals surface area contributed by atoms with Crippen LogP contribution < -0.4 is 15.4 Å². The molecule has 3 rings (SSSR count). The Hall–Kier alpha value is -1.92. The van der Waals surface area contributed by atoms with Gasteiger partial charge in [0.05, 0.1) is 0 Å². The van der Waals surface area contributed by atoms with Gasteiger partial charge in [0.15, 0.2) is 11.6 Å². The van der Waals surface area contributed by atoms with Crippen LogP contribution in [-0.4, -0.2) is 13.0 Å². The van der Waals surface area contributed by atoms with Crippen molar-refractivity contribution in [1.82, 2.24) is 5.32 Å². The second-order valence-electron chi connectivity index (χ2n) is 4.64. The van der Waals surface area contributed by atoms with E-state index in [4.69, 9.17) is 4.74 Å². The number of nitrogens with one attached hydrogen (secondary N) is 2. The Labute approximate surface area is 129 Å². The lowest BCUT2D eigenvalue weighted by Gasteiger charge is -2.10. The van der Waals surface area contributed by atoms with Gasteiger partial charge in [0.25, 0.3) is 0 Å². The molecule has 1 aliphatic rings. The summed E-state index contributed by atoms with van der Waals surface area (Å²) in [4.78, 5) is 11.7. The number of hydrogen-bond acceptors (Lipinski definition) is 3. The summed E-state index contributed by atoms with van der Waals surface area (Å²) in [6.45, 7) is 0. The molecule has 2 aromatic rings. The Morgan fingerprint density at radius 1 is 1.29 bits per heavy atom. The predicted octanol–water partition coefficient (Wildman–Crippen LogP) is 3.59. The molecule has 0 aliphatic carbocycles. The van der Waals surface area contributed by atoms with Crippen molar-refractivity contribution in [1.29, 1.82) is 0 Å². The van der Waals surface area contributed by atoms with Gasteiger partial charge in [0.1, 0.15) is 11.8 Å². The fraction of sp³-hybridized carbons (Fsp3) is 0.133. The fourth-order valence-electron chi connectivity index (χ4n) is 2.28. The molecular formula is C15H12BrFN2O2. The van der Waals surface area contributed by atoms with Crippen LogP contribution in [-0.2, 0) is 4.79 Å². The highest BCUT2D eigenvalue weighted by Gasteiger charge is 2.29. The van der Waals surface area contributed by atoms with Crippen molar-refractivity contribution < 1.29 is 13.9 Å². The Morgan fingerprint density at radius 3 is 2.81 bits per heavy atom. The number of anilines is 1. The highest BCUT2D eigenvalue weighted by molar-refractivity contribution is 9.10. The fourth-order valence-corrected chi connectivity index (χ4v) is 2.61. The van der Waals surface area contributed by atoms with E-state index in [1.54, 1.807) is 37.4 Å². The third-order valence-electron chi connectivity index (χ3n) is 3.27. The first-order valence-electron chi connectivity index (χ1n) is 6.33. The lowest BCUT2D eigenvalue weighted by molar-refractivity contribution is -0.117. The summed E-state index contributed by atoms with van der Waals surface area (Å²) in [6.07, 6.45) is 0. The maximum Gasteiger partial charge on any atom is 0.246 e. The molecule has 1 amide bonds. The monoisotopic (exact) mass is 350 g/mol. The van der Waals surface area contributed by atoms with Gasteiger partial charge in [-0.15, -0.1) is 0 Å². The van der Waals surface area contributed by atoms with Crippen LogP contribution in [0, 0.1) is 5.82 Å². The van der Waals surface area contributed by atoms with E-state index in [0.717, 1.165) is 5.56 Å². The molecule has 2 aromatic carbocycles. The topological polar surface area (TPSA) is 50.4 Å². The van der Waals surface area contributed by atoms with E-state index in [1.165, 1.54) is 6.07 Å². The second-order valence-corrected chi connectivity index (χ2v) is 5.55. The number of fused-ring (bicyclic) bond motifs is 1. The van der Waals surface area contributed by atoms with Gasteiger partial charge in [-0.2, -0.15) is 0 Å². The number of carbonyl (C=O) groups is 1. The number of hydrogen-bond donors (Lipinski definition) is 2. The van der Waals surface area contributed by atoms with Gasteiger partial charge < -0.3 is 15.4 Å². The van der Waals surface area contributed by atoms with Gasteiger partial charge in [-0.05, 0) is 31.3 Å². The minimum atomic E-state index is -0.456. The van der Waals surface area contributed by atoms with Crippen LogP contribution >= 0.6 is 15.9 Å². The lowest BCUT2D eigenvalue weighted by Crippen LogP contribution is -2.23. The number of carbonyl (C=O) groups excluding carboxylic acids is 1. The lowest BCUT2D eigenvalue weighted by atomic mass is 10.1. The second kappa shape index (κ2) is 5.46. The number of likely N-dealkylation sites (N-methyl/N-ethyl adjacent to an activating group) is 1. The van der Waals surface area contributed by atoms with Crippen molar-refractivity contribution in [3.05, 3.63) is 52.3 Å².